The van der Waals surface area contributed by atoms with Gasteiger partial charge in [0.25, 0.3) is 5.69 Å². The molecule has 0 radical (unpaired) electrons. The predicted octanol–water partition coefficient (Wildman–Crippen LogP) is 5.21. The Morgan fingerprint density at radius 1 is 1.19 bits per heavy atom. The fraction of sp³-hybridized carbons (Fsp3) is 0.190. The van der Waals surface area contributed by atoms with Crippen molar-refractivity contribution in [1.82, 2.24) is 14.8 Å². The Morgan fingerprint density at radius 2 is 1.97 bits per heavy atom. The number of nitrogens with one attached hydrogen (secondary N) is 1. The molecule has 10 heteroatoms. The molecule has 1 N–H and O–H groups in total. The van der Waals surface area contributed by atoms with Crippen molar-refractivity contribution in [2.75, 3.05) is 11.1 Å². The van der Waals surface area contributed by atoms with Gasteiger partial charge in [0.15, 0.2) is 11.0 Å². The highest BCUT2D eigenvalue weighted by Crippen LogP contribution is 2.34. The molecular formula is C21H19N5O3S2. The van der Waals surface area contributed by atoms with E-state index < -0.39 is 4.92 Å². The van der Waals surface area contributed by atoms with Crippen molar-refractivity contribution in [3.05, 3.63) is 64.0 Å². The molecule has 4 aromatic rings. The zero-order valence-electron chi connectivity index (χ0n) is 16.6. The van der Waals surface area contributed by atoms with Crippen molar-refractivity contribution in [2.24, 2.45) is 0 Å². The van der Waals surface area contributed by atoms with Crippen LogP contribution in [-0.4, -0.2) is 31.3 Å². The Labute approximate surface area is 186 Å². The van der Waals surface area contributed by atoms with Gasteiger partial charge in [-0.3, -0.25) is 14.9 Å². The summed E-state index contributed by atoms with van der Waals surface area (Å²) in [5.74, 6) is 0.744. The fourth-order valence-corrected chi connectivity index (χ4v) is 4.87. The zero-order valence-corrected chi connectivity index (χ0v) is 18.3. The van der Waals surface area contributed by atoms with Crippen LogP contribution in [0.25, 0.3) is 21.5 Å². The molecule has 31 heavy (non-hydrogen) atoms. The van der Waals surface area contributed by atoms with Crippen molar-refractivity contribution in [3.8, 4) is 11.4 Å². The molecule has 0 bridgehead atoms. The van der Waals surface area contributed by atoms with Crippen LogP contribution >= 0.6 is 23.1 Å². The van der Waals surface area contributed by atoms with Crippen LogP contribution in [0.2, 0.25) is 0 Å². The molecule has 0 unspecified atom stereocenters. The lowest BCUT2D eigenvalue weighted by Gasteiger charge is -2.09. The van der Waals surface area contributed by atoms with E-state index in [4.69, 9.17) is 0 Å². The summed E-state index contributed by atoms with van der Waals surface area (Å²) >= 11 is 2.99. The van der Waals surface area contributed by atoms with Crippen molar-refractivity contribution in [2.45, 2.75) is 25.0 Å². The molecule has 0 fully saturated rings. The van der Waals surface area contributed by atoms with Crippen molar-refractivity contribution in [1.29, 1.82) is 0 Å². The summed E-state index contributed by atoms with van der Waals surface area (Å²) in [6, 6.07) is 13.9. The number of non-ortho nitro benzene ring substituents is 1. The number of aromatic nitrogens is 3. The van der Waals surface area contributed by atoms with Gasteiger partial charge in [0.1, 0.15) is 0 Å². The zero-order chi connectivity index (χ0) is 21.8. The molecule has 0 spiro atoms. The third-order valence-corrected chi connectivity index (χ3v) is 6.51. The first-order chi connectivity index (χ1) is 15.1. The Bertz CT molecular complexity index is 1230. The molecule has 0 aliphatic rings. The summed E-state index contributed by atoms with van der Waals surface area (Å²) in [6.45, 7) is 2.84. The van der Waals surface area contributed by atoms with Gasteiger partial charge in [0.05, 0.1) is 10.7 Å². The number of thiophene rings is 1. The molecule has 2 aromatic carbocycles. The summed E-state index contributed by atoms with van der Waals surface area (Å²) in [7, 11) is 0. The Balaban J connectivity index is 1.48. The summed E-state index contributed by atoms with van der Waals surface area (Å²) in [5, 5.41) is 26.2. The average molecular weight is 454 g/mol. The second-order valence-corrected chi connectivity index (χ2v) is 8.60. The molecular weight excluding hydrogens is 434 g/mol. The number of carbonyl (C=O) groups excluding carboxylic acids is 1. The van der Waals surface area contributed by atoms with Gasteiger partial charge in [-0.25, -0.2) is 0 Å². The first-order valence-electron chi connectivity index (χ1n) is 9.63. The van der Waals surface area contributed by atoms with E-state index in [1.54, 1.807) is 11.3 Å². The Kier molecular flexibility index (Phi) is 6.28. The average Bonchev–Trinajstić information content (AvgIpc) is 3.37. The van der Waals surface area contributed by atoms with E-state index >= 15 is 0 Å². The van der Waals surface area contributed by atoms with Crippen LogP contribution < -0.4 is 5.32 Å². The highest BCUT2D eigenvalue weighted by atomic mass is 32.2. The van der Waals surface area contributed by atoms with Crippen molar-refractivity contribution >= 4 is 50.5 Å². The molecule has 2 heterocycles. The lowest BCUT2D eigenvalue weighted by atomic mass is 10.1. The molecule has 1 amide bonds. The number of nitro benzene ring substituents is 1. The van der Waals surface area contributed by atoms with E-state index in [1.165, 1.54) is 40.7 Å². The molecule has 0 atom stereocenters. The van der Waals surface area contributed by atoms with Crippen molar-refractivity contribution in [3.63, 3.8) is 0 Å². The smallest absolute Gasteiger partial charge is 0.269 e. The molecule has 0 saturated heterocycles. The third kappa shape index (κ3) is 4.59. The number of nitro groups is 1. The lowest BCUT2D eigenvalue weighted by Crippen LogP contribution is -2.14. The number of fused-ring (bicyclic) bond motifs is 1. The molecule has 0 aliphatic heterocycles. The van der Waals surface area contributed by atoms with Crippen molar-refractivity contribution < 1.29 is 9.72 Å². The minimum Gasteiger partial charge on any atom is -0.325 e. The fourth-order valence-electron chi connectivity index (χ4n) is 3.16. The van der Waals surface area contributed by atoms with Gasteiger partial charge in [-0.15, -0.1) is 21.5 Å². The Morgan fingerprint density at radius 3 is 2.71 bits per heavy atom. The second-order valence-electron chi connectivity index (χ2n) is 6.74. The van der Waals surface area contributed by atoms with Crippen LogP contribution in [0.4, 0.5) is 11.4 Å². The quantitative estimate of drug-likeness (QED) is 0.223. The van der Waals surface area contributed by atoms with Crippen LogP contribution in [0.3, 0.4) is 0 Å². The minimum absolute atomic E-state index is 0.0199. The maximum absolute atomic E-state index is 12.4. The normalized spacial score (nSPS) is 11.0. The van der Waals surface area contributed by atoms with Crippen LogP contribution in [0.5, 0.6) is 0 Å². The minimum atomic E-state index is -0.476. The number of carbonyl (C=O) groups is 1. The van der Waals surface area contributed by atoms with Gasteiger partial charge in [-0.2, -0.15) is 0 Å². The van der Waals surface area contributed by atoms with Crippen LogP contribution in [0, 0.1) is 10.1 Å². The van der Waals surface area contributed by atoms with Crippen LogP contribution in [-0.2, 0) is 11.3 Å². The second kappa shape index (κ2) is 9.27. The summed E-state index contributed by atoms with van der Waals surface area (Å²) < 4.78 is 3.25. The molecule has 0 aliphatic carbocycles. The molecule has 8 nitrogen and oxygen atoms in total. The monoisotopic (exact) mass is 453 g/mol. The SMILES string of the molecule is CCCn1c(SCC(=O)Nc2ccc([N+](=O)[O-])cc2)nnc1-c1csc2ccccc12. The predicted molar refractivity (Wildman–Crippen MR) is 124 cm³/mol. The van der Waals surface area contributed by atoms with E-state index in [0.29, 0.717) is 10.8 Å². The number of rotatable bonds is 8. The lowest BCUT2D eigenvalue weighted by molar-refractivity contribution is -0.384. The highest BCUT2D eigenvalue weighted by molar-refractivity contribution is 7.99. The first kappa shape index (κ1) is 21.0. The van der Waals surface area contributed by atoms with Gasteiger partial charge in [0, 0.05) is 45.4 Å². The topological polar surface area (TPSA) is 103 Å². The molecule has 4 rings (SSSR count). The number of hydrogen-bond donors (Lipinski definition) is 1. The third-order valence-electron chi connectivity index (χ3n) is 4.58. The van der Waals surface area contributed by atoms with Crippen LogP contribution in [0.15, 0.2) is 59.1 Å². The number of amides is 1. The van der Waals surface area contributed by atoms with Gasteiger partial charge in [0.2, 0.25) is 5.91 Å². The number of hydrogen-bond acceptors (Lipinski definition) is 7. The Hall–Kier alpha value is -3.24. The maximum atomic E-state index is 12.4. The van der Waals surface area contributed by atoms with Gasteiger partial charge < -0.3 is 9.88 Å². The van der Waals surface area contributed by atoms with E-state index in [1.807, 2.05) is 12.1 Å². The van der Waals surface area contributed by atoms with E-state index in [9.17, 15) is 14.9 Å². The first-order valence-corrected chi connectivity index (χ1v) is 11.5. The number of benzene rings is 2. The summed E-state index contributed by atoms with van der Waals surface area (Å²) in [6.07, 6.45) is 0.912. The van der Waals surface area contributed by atoms with E-state index in [0.717, 1.165) is 29.7 Å². The molecule has 158 valence electrons. The summed E-state index contributed by atoms with van der Waals surface area (Å²) in [4.78, 5) is 22.6. The van der Waals surface area contributed by atoms with E-state index in [2.05, 4.69) is 44.5 Å². The van der Waals surface area contributed by atoms with E-state index in [-0.39, 0.29) is 17.3 Å². The summed E-state index contributed by atoms with van der Waals surface area (Å²) in [5.41, 5.74) is 1.54. The van der Waals surface area contributed by atoms with Gasteiger partial charge in [-0.05, 0) is 24.6 Å². The number of thioether (sulfide) groups is 1. The molecule has 2 aromatic heterocycles. The maximum Gasteiger partial charge on any atom is 0.269 e. The number of nitrogens with zero attached hydrogens (tertiary/aromatic N) is 4. The molecule has 0 saturated carbocycles. The largest absolute Gasteiger partial charge is 0.325 e. The number of anilines is 1. The van der Waals surface area contributed by atoms with Gasteiger partial charge >= 0.3 is 0 Å². The standard InChI is InChI=1S/C21H19N5O3S2/c1-2-11-25-20(17-12-30-18-6-4-3-5-16(17)18)23-24-21(25)31-13-19(27)22-14-7-9-15(10-8-14)26(28)29/h3-10,12H,2,11,13H2,1H3,(H,22,27). The van der Waals surface area contributed by atoms with Crippen LogP contribution in [0.1, 0.15) is 13.3 Å². The highest BCUT2D eigenvalue weighted by Gasteiger charge is 2.18. The van der Waals surface area contributed by atoms with Gasteiger partial charge in [-0.1, -0.05) is 36.9 Å².